The molecule has 0 aliphatic heterocycles. The van der Waals surface area contributed by atoms with Gasteiger partial charge in [-0.3, -0.25) is 14.0 Å². The van der Waals surface area contributed by atoms with Crippen molar-refractivity contribution in [3.8, 4) is 5.69 Å². The molecule has 0 saturated carbocycles. The lowest BCUT2D eigenvalue weighted by molar-refractivity contribution is 0.0782. The largest absolute Gasteiger partial charge is 0.337 e. The van der Waals surface area contributed by atoms with Gasteiger partial charge in [-0.15, -0.1) is 0 Å². The average molecular weight is 373 g/mol. The smallest absolute Gasteiger partial charge is 0.270 e. The Hall–Kier alpha value is -3.74. The van der Waals surface area contributed by atoms with Gasteiger partial charge in [0.25, 0.3) is 11.5 Å². The number of nitrogens with zero attached hydrogens (tertiary/aromatic N) is 5. The number of aryl methyl sites for hydroxylation is 1. The van der Waals surface area contributed by atoms with Crippen molar-refractivity contribution in [2.45, 2.75) is 13.5 Å². The Kier molecular flexibility index (Phi) is 4.49. The summed E-state index contributed by atoms with van der Waals surface area (Å²) in [5.74, 6) is -0.355. The van der Waals surface area contributed by atoms with Crippen molar-refractivity contribution < 1.29 is 4.79 Å². The lowest BCUT2D eigenvalue weighted by Gasteiger charge is -2.17. The van der Waals surface area contributed by atoms with E-state index in [2.05, 4.69) is 10.1 Å². The van der Waals surface area contributed by atoms with Crippen molar-refractivity contribution in [1.29, 1.82) is 0 Å². The molecule has 1 aromatic carbocycles. The number of hydrogen-bond donors (Lipinski definition) is 0. The molecule has 28 heavy (non-hydrogen) atoms. The second-order valence-corrected chi connectivity index (χ2v) is 6.62. The van der Waals surface area contributed by atoms with E-state index in [0.29, 0.717) is 12.2 Å². The number of hydrogen-bond acceptors (Lipinski definition) is 4. The standard InChI is InChI=1S/C21H19N5O2/c1-15-5-3-6-19-22-13-18(21(28)26(15)19)20(27)24(2)14-16-7-9-17(10-8-16)25-12-4-11-23-25/h3-13H,14H2,1-2H3. The second kappa shape index (κ2) is 7.11. The predicted molar refractivity (Wildman–Crippen MR) is 106 cm³/mol. The van der Waals surface area contributed by atoms with Crippen LogP contribution in [0.2, 0.25) is 0 Å². The van der Waals surface area contributed by atoms with Crippen molar-refractivity contribution in [3.05, 3.63) is 94.3 Å². The maximum atomic E-state index is 12.8. The highest BCUT2D eigenvalue weighted by atomic mass is 16.2. The van der Waals surface area contributed by atoms with E-state index in [1.54, 1.807) is 24.0 Å². The number of carbonyl (C=O) groups is 1. The van der Waals surface area contributed by atoms with Crippen molar-refractivity contribution in [1.82, 2.24) is 24.1 Å². The van der Waals surface area contributed by atoms with Gasteiger partial charge in [0.15, 0.2) is 0 Å². The van der Waals surface area contributed by atoms with E-state index >= 15 is 0 Å². The van der Waals surface area contributed by atoms with Gasteiger partial charge in [0, 0.05) is 37.9 Å². The molecule has 0 bridgehead atoms. The number of aromatic nitrogens is 4. The molecule has 0 saturated heterocycles. The summed E-state index contributed by atoms with van der Waals surface area (Å²) in [6, 6.07) is 15.0. The number of amides is 1. The molecule has 0 atom stereocenters. The molecule has 4 rings (SSSR count). The van der Waals surface area contributed by atoms with Crippen LogP contribution in [-0.2, 0) is 6.54 Å². The molecule has 4 aromatic rings. The van der Waals surface area contributed by atoms with E-state index in [1.165, 1.54) is 15.5 Å². The van der Waals surface area contributed by atoms with Gasteiger partial charge >= 0.3 is 0 Å². The SMILES string of the molecule is Cc1cccc2ncc(C(=O)N(C)Cc3ccc(-n4cccn4)cc3)c(=O)n12. The zero-order valence-electron chi connectivity index (χ0n) is 15.6. The molecule has 3 aromatic heterocycles. The molecule has 140 valence electrons. The van der Waals surface area contributed by atoms with Gasteiger partial charge in [-0.2, -0.15) is 5.10 Å². The van der Waals surface area contributed by atoms with E-state index in [1.807, 2.05) is 55.6 Å². The number of rotatable bonds is 4. The van der Waals surface area contributed by atoms with Crippen LogP contribution in [0.25, 0.3) is 11.3 Å². The van der Waals surface area contributed by atoms with Crippen LogP contribution in [0.1, 0.15) is 21.6 Å². The summed E-state index contributed by atoms with van der Waals surface area (Å²) in [7, 11) is 1.68. The van der Waals surface area contributed by atoms with Crippen LogP contribution in [-0.4, -0.2) is 37.0 Å². The molecule has 3 heterocycles. The molecule has 0 aliphatic rings. The van der Waals surface area contributed by atoms with Crippen molar-refractivity contribution in [3.63, 3.8) is 0 Å². The van der Waals surface area contributed by atoms with E-state index in [0.717, 1.165) is 16.9 Å². The van der Waals surface area contributed by atoms with Crippen LogP contribution in [0.4, 0.5) is 0 Å². The highest BCUT2D eigenvalue weighted by Gasteiger charge is 2.18. The highest BCUT2D eigenvalue weighted by molar-refractivity contribution is 5.93. The lowest BCUT2D eigenvalue weighted by Crippen LogP contribution is -2.33. The van der Waals surface area contributed by atoms with E-state index in [4.69, 9.17) is 0 Å². The van der Waals surface area contributed by atoms with Crippen LogP contribution < -0.4 is 5.56 Å². The molecule has 7 nitrogen and oxygen atoms in total. The van der Waals surface area contributed by atoms with Crippen LogP contribution in [0.3, 0.4) is 0 Å². The third-order valence-electron chi connectivity index (χ3n) is 4.63. The van der Waals surface area contributed by atoms with E-state index in [-0.39, 0.29) is 17.0 Å². The number of pyridine rings is 1. The minimum absolute atomic E-state index is 0.0578. The molecular formula is C21H19N5O2. The quantitative estimate of drug-likeness (QED) is 0.551. The normalized spacial score (nSPS) is 10.9. The summed E-state index contributed by atoms with van der Waals surface area (Å²) in [4.78, 5) is 31.4. The molecule has 7 heteroatoms. The fourth-order valence-corrected chi connectivity index (χ4v) is 3.15. The first-order valence-electron chi connectivity index (χ1n) is 8.86. The highest BCUT2D eigenvalue weighted by Crippen LogP contribution is 2.11. The van der Waals surface area contributed by atoms with Gasteiger partial charge in [0.2, 0.25) is 0 Å². The summed E-state index contributed by atoms with van der Waals surface area (Å²) >= 11 is 0. The Bertz CT molecular complexity index is 1190. The summed E-state index contributed by atoms with van der Waals surface area (Å²) in [5.41, 5.74) is 2.86. The molecule has 0 aliphatic carbocycles. The fourth-order valence-electron chi connectivity index (χ4n) is 3.15. The number of fused-ring (bicyclic) bond motifs is 1. The summed E-state index contributed by atoms with van der Waals surface area (Å²) < 4.78 is 3.22. The summed E-state index contributed by atoms with van der Waals surface area (Å²) in [6.45, 7) is 2.20. The number of benzene rings is 1. The average Bonchev–Trinajstić information content (AvgIpc) is 3.23. The Morgan fingerprint density at radius 1 is 1.11 bits per heavy atom. The monoisotopic (exact) mass is 373 g/mol. The van der Waals surface area contributed by atoms with Gasteiger partial charge in [-0.05, 0) is 42.8 Å². The Morgan fingerprint density at radius 3 is 2.61 bits per heavy atom. The molecule has 0 spiro atoms. The molecule has 1 amide bonds. The first kappa shape index (κ1) is 17.7. The van der Waals surface area contributed by atoms with Crippen LogP contribution in [0, 0.1) is 6.92 Å². The minimum Gasteiger partial charge on any atom is -0.337 e. The van der Waals surface area contributed by atoms with E-state index < -0.39 is 0 Å². The maximum absolute atomic E-state index is 12.8. The Morgan fingerprint density at radius 2 is 1.89 bits per heavy atom. The minimum atomic E-state index is -0.355. The molecule has 0 N–H and O–H groups in total. The Balaban J connectivity index is 1.57. The maximum Gasteiger partial charge on any atom is 0.270 e. The van der Waals surface area contributed by atoms with Gasteiger partial charge in [0.1, 0.15) is 11.2 Å². The first-order chi connectivity index (χ1) is 13.5. The lowest BCUT2D eigenvalue weighted by atomic mass is 10.2. The van der Waals surface area contributed by atoms with Gasteiger partial charge < -0.3 is 4.90 Å². The van der Waals surface area contributed by atoms with Crippen LogP contribution in [0.15, 0.2) is 71.9 Å². The van der Waals surface area contributed by atoms with Gasteiger partial charge in [0.05, 0.1) is 5.69 Å². The molecule has 0 radical (unpaired) electrons. The predicted octanol–water partition coefficient (Wildman–Crippen LogP) is 2.46. The summed E-state index contributed by atoms with van der Waals surface area (Å²) in [5, 5.41) is 4.19. The van der Waals surface area contributed by atoms with Crippen molar-refractivity contribution >= 4 is 11.6 Å². The number of carbonyl (C=O) groups excluding carboxylic acids is 1. The van der Waals surface area contributed by atoms with Crippen LogP contribution >= 0.6 is 0 Å². The topological polar surface area (TPSA) is 72.5 Å². The molecular weight excluding hydrogens is 354 g/mol. The second-order valence-electron chi connectivity index (χ2n) is 6.62. The fraction of sp³-hybridized carbons (Fsp3) is 0.143. The van der Waals surface area contributed by atoms with Gasteiger partial charge in [-0.25, -0.2) is 9.67 Å². The third-order valence-corrected chi connectivity index (χ3v) is 4.63. The zero-order valence-corrected chi connectivity index (χ0v) is 15.6. The van der Waals surface area contributed by atoms with Crippen molar-refractivity contribution in [2.75, 3.05) is 7.05 Å². The third kappa shape index (κ3) is 3.18. The van der Waals surface area contributed by atoms with Gasteiger partial charge in [-0.1, -0.05) is 18.2 Å². The van der Waals surface area contributed by atoms with Crippen LogP contribution in [0.5, 0.6) is 0 Å². The first-order valence-corrected chi connectivity index (χ1v) is 8.86. The van der Waals surface area contributed by atoms with E-state index in [9.17, 15) is 9.59 Å². The Labute approximate surface area is 161 Å². The molecule has 0 unspecified atom stereocenters. The summed E-state index contributed by atoms with van der Waals surface area (Å²) in [6.07, 6.45) is 4.95. The van der Waals surface area contributed by atoms with Crippen molar-refractivity contribution in [2.24, 2.45) is 0 Å². The molecule has 0 fully saturated rings. The zero-order chi connectivity index (χ0) is 19.7.